The summed E-state index contributed by atoms with van der Waals surface area (Å²) >= 11 is 0. The van der Waals surface area contributed by atoms with Crippen molar-refractivity contribution in [2.75, 3.05) is 0 Å². The fourth-order valence-corrected chi connectivity index (χ4v) is 3.44. The Morgan fingerprint density at radius 3 is 2.88 bits per heavy atom. The molecule has 0 fully saturated rings. The molecule has 1 atom stereocenters. The van der Waals surface area contributed by atoms with E-state index in [1.807, 2.05) is 24.3 Å². The number of aryl methyl sites for hydroxylation is 1. The summed E-state index contributed by atoms with van der Waals surface area (Å²) in [6.45, 7) is 0. The predicted molar refractivity (Wildman–Crippen MR) is 94.8 cm³/mol. The molecular formula is C18H17N5O3. The number of nitrogens with two attached hydrogens (primary N) is 1. The zero-order chi connectivity index (χ0) is 18.3. The molecule has 8 heteroatoms. The van der Waals surface area contributed by atoms with Crippen molar-refractivity contribution < 1.29 is 9.59 Å². The van der Waals surface area contributed by atoms with Crippen molar-refractivity contribution in [1.29, 1.82) is 0 Å². The Labute approximate surface area is 147 Å². The Bertz CT molecular complexity index is 1080. The molecule has 0 saturated heterocycles. The van der Waals surface area contributed by atoms with Gasteiger partial charge < -0.3 is 16.0 Å². The number of amides is 2. The highest BCUT2D eigenvalue weighted by atomic mass is 16.2. The Hall–Kier alpha value is -3.42. The summed E-state index contributed by atoms with van der Waals surface area (Å²) in [4.78, 5) is 38.8. The van der Waals surface area contributed by atoms with Gasteiger partial charge in [-0.05, 0) is 37.0 Å². The maximum absolute atomic E-state index is 12.7. The van der Waals surface area contributed by atoms with Crippen LogP contribution in [0.5, 0.6) is 0 Å². The molecular weight excluding hydrogens is 334 g/mol. The van der Waals surface area contributed by atoms with Crippen LogP contribution in [0.15, 0.2) is 35.1 Å². The number of H-pyrrole nitrogens is 2. The molecule has 1 aliphatic rings. The third kappa shape index (κ3) is 2.65. The van der Waals surface area contributed by atoms with Gasteiger partial charge in [-0.15, -0.1) is 0 Å². The zero-order valence-corrected chi connectivity index (χ0v) is 13.8. The standard InChI is InChI=1S/C18H17N5O3/c19-16(24)11-8-10-12(20-17(11)25)6-3-7-13(10)21-18(26)15-9-4-1-2-5-14(9)22-23-15/h1-2,4-5,8,13H,3,6-7H2,(H2,19,24)(H,20,25)(H,21,26)(H,22,23). The minimum atomic E-state index is -0.789. The van der Waals surface area contributed by atoms with Crippen LogP contribution in [0.25, 0.3) is 10.9 Å². The van der Waals surface area contributed by atoms with E-state index in [4.69, 9.17) is 5.73 Å². The number of nitrogens with one attached hydrogen (secondary N) is 3. The van der Waals surface area contributed by atoms with Crippen LogP contribution < -0.4 is 16.6 Å². The number of fused-ring (bicyclic) bond motifs is 2. The first-order chi connectivity index (χ1) is 12.5. The molecule has 5 N–H and O–H groups in total. The molecule has 0 saturated carbocycles. The van der Waals surface area contributed by atoms with Crippen molar-refractivity contribution in [3.63, 3.8) is 0 Å². The van der Waals surface area contributed by atoms with Crippen molar-refractivity contribution in [2.24, 2.45) is 5.73 Å². The highest BCUT2D eigenvalue weighted by Gasteiger charge is 2.26. The smallest absolute Gasteiger partial charge is 0.272 e. The number of carbonyl (C=O) groups is 2. The molecule has 1 aliphatic carbocycles. The van der Waals surface area contributed by atoms with Crippen LogP contribution >= 0.6 is 0 Å². The molecule has 0 bridgehead atoms. The van der Waals surface area contributed by atoms with Crippen molar-refractivity contribution in [2.45, 2.75) is 25.3 Å². The van der Waals surface area contributed by atoms with Gasteiger partial charge in [-0.1, -0.05) is 18.2 Å². The molecule has 1 unspecified atom stereocenters. The van der Waals surface area contributed by atoms with Crippen LogP contribution in [0.2, 0.25) is 0 Å². The highest BCUT2D eigenvalue weighted by molar-refractivity contribution is 6.04. The fourth-order valence-electron chi connectivity index (χ4n) is 3.44. The summed E-state index contributed by atoms with van der Waals surface area (Å²) < 4.78 is 0. The lowest BCUT2D eigenvalue weighted by Crippen LogP contribution is -2.34. The van der Waals surface area contributed by atoms with Crippen molar-refractivity contribution in [3.05, 3.63) is 63.2 Å². The predicted octanol–water partition coefficient (Wildman–Crippen LogP) is 1.16. The topological polar surface area (TPSA) is 134 Å². The third-order valence-electron chi connectivity index (χ3n) is 4.71. The van der Waals surface area contributed by atoms with Crippen LogP contribution in [0, 0.1) is 0 Å². The van der Waals surface area contributed by atoms with Gasteiger partial charge in [0.1, 0.15) is 5.56 Å². The molecule has 2 aromatic heterocycles. The zero-order valence-electron chi connectivity index (χ0n) is 13.8. The van der Waals surface area contributed by atoms with E-state index in [9.17, 15) is 14.4 Å². The molecule has 132 valence electrons. The number of primary amides is 1. The van der Waals surface area contributed by atoms with Crippen molar-refractivity contribution in [3.8, 4) is 0 Å². The number of hydrogen-bond donors (Lipinski definition) is 4. The summed E-state index contributed by atoms with van der Waals surface area (Å²) in [5.74, 6) is -1.10. The van der Waals surface area contributed by atoms with Crippen molar-refractivity contribution >= 4 is 22.7 Å². The molecule has 0 aliphatic heterocycles. The SMILES string of the molecule is NC(=O)c1cc2c([nH]c1=O)CCCC2NC(=O)c1n[nH]c2ccccc12. The maximum atomic E-state index is 12.7. The average molecular weight is 351 g/mol. The second kappa shape index (κ2) is 6.14. The third-order valence-corrected chi connectivity index (χ3v) is 4.71. The molecule has 0 radical (unpaired) electrons. The van der Waals surface area contributed by atoms with Gasteiger partial charge in [-0.2, -0.15) is 5.10 Å². The van der Waals surface area contributed by atoms with E-state index in [2.05, 4.69) is 20.5 Å². The number of rotatable bonds is 3. The van der Waals surface area contributed by atoms with E-state index in [1.54, 1.807) is 0 Å². The maximum Gasteiger partial charge on any atom is 0.272 e. The lowest BCUT2D eigenvalue weighted by molar-refractivity contribution is 0.0929. The van der Waals surface area contributed by atoms with Gasteiger partial charge in [0.15, 0.2) is 5.69 Å². The fraction of sp³-hybridized carbons (Fsp3) is 0.222. The number of aromatic amines is 2. The van der Waals surface area contributed by atoms with Gasteiger partial charge in [-0.3, -0.25) is 19.5 Å². The second-order valence-electron chi connectivity index (χ2n) is 6.35. The van der Waals surface area contributed by atoms with E-state index in [-0.39, 0.29) is 17.5 Å². The van der Waals surface area contributed by atoms with Crippen LogP contribution in [-0.4, -0.2) is 27.0 Å². The van der Waals surface area contributed by atoms with Crippen LogP contribution in [-0.2, 0) is 6.42 Å². The number of carbonyl (C=O) groups excluding carboxylic acids is 2. The first-order valence-electron chi connectivity index (χ1n) is 8.34. The van der Waals surface area contributed by atoms with E-state index in [0.717, 1.165) is 28.6 Å². The minimum Gasteiger partial charge on any atom is -0.365 e. The average Bonchev–Trinajstić information content (AvgIpc) is 3.05. The van der Waals surface area contributed by atoms with Gasteiger partial charge in [-0.25, -0.2) is 0 Å². The molecule has 3 aromatic rings. The normalized spacial score (nSPS) is 16.2. The number of nitrogens with zero attached hydrogens (tertiary/aromatic N) is 1. The number of para-hydroxylation sites is 1. The summed E-state index contributed by atoms with van der Waals surface area (Å²) in [6, 6.07) is 8.54. The molecule has 2 heterocycles. The Morgan fingerprint density at radius 2 is 2.08 bits per heavy atom. The summed E-state index contributed by atoms with van der Waals surface area (Å²) in [6.07, 6.45) is 2.19. The van der Waals surface area contributed by atoms with Gasteiger partial charge in [0.05, 0.1) is 11.6 Å². The molecule has 8 nitrogen and oxygen atoms in total. The van der Waals surface area contributed by atoms with E-state index >= 15 is 0 Å². The summed E-state index contributed by atoms with van der Waals surface area (Å²) in [5.41, 5.74) is 7.21. The first kappa shape index (κ1) is 16.1. The van der Waals surface area contributed by atoms with E-state index in [0.29, 0.717) is 18.5 Å². The van der Waals surface area contributed by atoms with Crippen molar-refractivity contribution in [1.82, 2.24) is 20.5 Å². The van der Waals surface area contributed by atoms with Crippen LogP contribution in [0.1, 0.15) is 51.0 Å². The number of benzene rings is 1. The Balaban J connectivity index is 1.68. The van der Waals surface area contributed by atoms with Crippen LogP contribution in [0.4, 0.5) is 0 Å². The molecule has 26 heavy (non-hydrogen) atoms. The lowest BCUT2D eigenvalue weighted by Gasteiger charge is -2.26. The highest BCUT2D eigenvalue weighted by Crippen LogP contribution is 2.29. The van der Waals surface area contributed by atoms with E-state index < -0.39 is 11.5 Å². The van der Waals surface area contributed by atoms with Gasteiger partial charge in [0.2, 0.25) is 0 Å². The Morgan fingerprint density at radius 1 is 1.27 bits per heavy atom. The molecule has 1 aromatic carbocycles. The molecule has 4 rings (SSSR count). The number of hydrogen-bond acceptors (Lipinski definition) is 4. The van der Waals surface area contributed by atoms with Crippen LogP contribution in [0.3, 0.4) is 0 Å². The number of pyridine rings is 1. The quantitative estimate of drug-likeness (QED) is 0.563. The summed E-state index contributed by atoms with van der Waals surface area (Å²) in [7, 11) is 0. The second-order valence-corrected chi connectivity index (χ2v) is 6.35. The van der Waals surface area contributed by atoms with Gasteiger partial charge in [0, 0.05) is 11.1 Å². The largest absolute Gasteiger partial charge is 0.365 e. The summed E-state index contributed by atoms with van der Waals surface area (Å²) in [5, 5.41) is 10.6. The number of aromatic nitrogens is 3. The Kier molecular flexibility index (Phi) is 3.80. The van der Waals surface area contributed by atoms with E-state index in [1.165, 1.54) is 6.07 Å². The first-order valence-corrected chi connectivity index (χ1v) is 8.34. The molecule has 0 spiro atoms. The van der Waals surface area contributed by atoms with Gasteiger partial charge in [0.25, 0.3) is 17.4 Å². The van der Waals surface area contributed by atoms with Gasteiger partial charge >= 0.3 is 0 Å². The minimum absolute atomic E-state index is 0.102. The lowest BCUT2D eigenvalue weighted by atomic mass is 9.90. The molecule has 2 amide bonds. The monoisotopic (exact) mass is 351 g/mol.